The number of rotatable bonds is 6. The van der Waals surface area contributed by atoms with E-state index in [0.29, 0.717) is 18.8 Å². The molecule has 0 aromatic heterocycles. The molecule has 6 heteroatoms. The Labute approximate surface area is 135 Å². The number of phenolic OH excluding ortho intramolecular Hbond substituents is 1. The highest BCUT2D eigenvalue weighted by molar-refractivity contribution is 5.82. The zero-order chi connectivity index (χ0) is 16.9. The molecule has 1 atom stereocenters. The van der Waals surface area contributed by atoms with Crippen LogP contribution in [0.3, 0.4) is 0 Å². The van der Waals surface area contributed by atoms with Gasteiger partial charge in [-0.2, -0.15) is 0 Å². The molecular weight excluding hydrogens is 294 g/mol. The summed E-state index contributed by atoms with van der Waals surface area (Å²) in [5.74, 6) is -0.412. The molecule has 23 heavy (non-hydrogen) atoms. The number of carbonyl (C=O) groups excluding carboxylic acids is 1. The molecule has 4 N–H and O–H groups in total. The van der Waals surface area contributed by atoms with Crippen molar-refractivity contribution in [2.45, 2.75) is 6.92 Å². The Morgan fingerprint density at radius 3 is 2.52 bits per heavy atom. The summed E-state index contributed by atoms with van der Waals surface area (Å²) in [7, 11) is 0. The number of carbonyl (C=O) groups is 1. The number of aromatic hydroxyl groups is 1. The molecule has 0 aliphatic heterocycles. The van der Waals surface area contributed by atoms with Crippen molar-refractivity contribution in [3.05, 3.63) is 59.3 Å². The third-order valence-electron chi connectivity index (χ3n) is 3.53. The van der Waals surface area contributed by atoms with E-state index in [4.69, 9.17) is 5.73 Å². The summed E-state index contributed by atoms with van der Waals surface area (Å²) in [5.41, 5.74) is 7.09. The Kier molecular flexibility index (Phi) is 5.33. The summed E-state index contributed by atoms with van der Waals surface area (Å²) in [6, 6.07) is 13.1. The van der Waals surface area contributed by atoms with Gasteiger partial charge in [-0.1, -0.05) is 23.8 Å². The fraction of sp³-hybridized carbons (Fsp3) is 0.235. The summed E-state index contributed by atoms with van der Waals surface area (Å²) in [4.78, 5) is 12.1. The highest BCUT2D eigenvalue weighted by Gasteiger charge is 2.27. The van der Waals surface area contributed by atoms with Crippen LogP contribution in [0.5, 0.6) is 5.75 Å². The molecule has 0 bridgehead atoms. The Morgan fingerprint density at radius 2 is 1.91 bits per heavy atom. The van der Waals surface area contributed by atoms with E-state index in [1.54, 1.807) is 24.3 Å². The van der Waals surface area contributed by atoms with Gasteiger partial charge in [-0.25, -0.2) is 0 Å². The molecule has 6 nitrogen and oxygen atoms in total. The van der Waals surface area contributed by atoms with E-state index in [9.17, 15) is 15.1 Å². The SMILES string of the molecule is Cc1ccc([N+]([O-])(CC(=O)NCCN)c2cccc(O)c2)cc1. The van der Waals surface area contributed by atoms with E-state index in [0.717, 1.165) is 5.56 Å². The van der Waals surface area contributed by atoms with Gasteiger partial charge in [0, 0.05) is 37.4 Å². The maximum Gasteiger partial charge on any atom is 0.276 e. The lowest BCUT2D eigenvalue weighted by Gasteiger charge is -2.41. The maximum atomic E-state index is 13.5. The molecule has 1 unspecified atom stereocenters. The lowest BCUT2D eigenvalue weighted by Crippen LogP contribution is -2.47. The van der Waals surface area contributed by atoms with Gasteiger partial charge in [0.15, 0.2) is 6.54 Å². The number of nitrogens with zero attached hydrogens (tertiary/aromatic N) is 1. The van der Waals surface area contributed by atoms with Crippen molar-refractivity contribution in [1.82, 2.24) is 9.96 Å². The van der Waals surface area contributed by atoms with Crippen LogP contribution in [-0.4, -0.2) is 30.6 Å². The van der Waals surface area contributed by atoms with Crippen LogP contribution in [0.25, 0.3) is 0 Å². The average Bonchev–Trinajstić information content (AvgIpc) is 2.53. The van der Waals surface area contributed by atoms with Crippen LogP contribution in [-0.2, 0) is 4.79 Å². The van der Waals surface area contributed by atoms with Gasteiger partial charge in [0.05, 0.1) is 0 Å². The van der Waals surface area contributed by atoms with Gasteiger partial charge in [0.2, 0.25) is 0 Å². The number of aryl methyl sites for hydroxylation is 1. The predicted octanol–water partition coefficient (Wildman–Crippen LogP) is 1.91. The minimum atomic E-state index is -0.981. The maximum absolute atomic E-state index is 13.5. The molecule has 2 rings (SSSR count). The average molecular weight is 315 g/mol. The second-order valence-electron chi connectivity index (χ2n) is 5.39. The number of nitrogens with two attached hydrogens (primary N) is 1. The molecule has 0 radical (unpaired) electrons. The molecule has 0 saturated heterocycles. The monoisotopic (exact) mass is 315 g/mol. The van der Waals surface area contributed by atoms with Gasteiger partial charge in [0.1, 0.15) is 17.1 Å². The molecule has 0 aliphatic carbocycles. The number of hydroxylamine groups is 1. The number of phenols is 1. The molecule has 0 heterocycles. The van der Waals surface area contributed by atoms with Crippen molar-refractivity contribution in [3.8, 4) is 5.75 Å². The van der Waals surface area contributed by atoms with Crippen LogP contribution in [0.2, 0.25) is 0 Å². The topological polar surface area (TPSA) is 98.4 Å². The Bertz CT molecular complexity index is 673. The molecule has 2 aromatic carbocycles. The number of nitrogens with one attached hydrogen (secondary N) is 1. The van der Waals surface area contributed by atoms with Crippen LogP contribution in [0, 0.1) is 12.1 Å². The van der Waals surface area contributed by atoms with Crippen LogP contribution in [0.15, 0.2) is 48.5 Å². The first kappa shape index (κ1) is 17.0. The molecule has 122 valence electrons. The minimum absolute atomic E-state index is 0.0182. The molecule has 0 aliphatic rings. The fourth-order valence-corrected chi connectivity index (χ4v) is 2.30. The second kappa shape index (κ2) is 7.23. The zero-order valence-corrected chi connectivity index (χ0v) is 13.0. The van der Waals surface area contributed by atoms with Gasteiger partial charge < -0.3 is 21.4 Å². The van der Waals surface area contributed by atoms with E-state index in [1.165, 1.54) is 12.1 Å². The van der Waals surface area contributed by atoms with Gasteiger partial charge in [-0.3, -0.25) is 9.44 Å². The molecule has 0 spiro atoms. The first-order valence-electron chi connectivity index (χ1n) is 7.38. The van der Waals surface area contributed by atoms with Crippen molar-refractivity contribution in [3.63, 3.8) is 0 Å². The molecule has 2 aromatic rings. The van der Waals surface area contributed by atoms with Crippen molar-refractivity contribution >= 4 is 17.3 Å². The largest absolute Gasteiger partial charge is 0.621 e. The highest BCUT2D eigenvalue weighted by Crippen LogP contribution is 2.35. The molecule has 0 fully saturated rings. The third kappa shape index (κ3) is 4.07. The molecule has 1 amide bonds. The number of hydrogen-bond acceptors (Lipinski definition) is 4. The second-order valence-corrected chi connectivity index (χ2v) is 5.39. The van der Waals surface area contributed by atoms with Gasteiger partial charge in [-0.15, -0.1) is 0 Å². The number of hydrogen-bond donors (Lipinski definition) is 3. The highest BCUT2D eigenvalue weighted by atomic mass is 16.5. The summed E-state index contributed by atoms with van der Waals surface area (Å²) in [6.45, 7) is 2.21. The summed E-state index contributed by atoms with van der Waals surface area (Å²) < 4.78 is -0.981. The Hall–Kier alpha value is -2.41. The van der Waals surface area contributed by atoms with Crippen LogP contribution >= 0.6 is 0 Å². The van der Waals surface area contributed by atoms with Gasteiger partial charge >= 0.3 is 0 Å². The van der Waals surface area contributed by atoms with E-state index < -0.39 is 10.6 Å². The van der Waals surface area contributed by atoms with E-state index in [1.807, 2.05) is 19.1 Å². The normalized spacial score (nSPS) is 13.3. The first-order chi connectivity index (χ1) is 11.0. The van der Waals surface area contributed by atoms with Crippen molar-refractivity contribution in [2.75, 3.05) is 19.6 Å². The van der Waals surface area contributed by atoms with E-state index in [-0.39, 0.29) is 18.0 Å². The Balaban J connectivity index is 2.41. The van der Waals surface area contributed by atoms with Crippen LogP contribution in [0.4, 0.5) is 11.4 Å². The smallest absolute Gasteiger partial charge is 0.276 e. The summed E-state index contributed by atoms with van der Waals surface area (Å²) >= 11 is 0. The third-order valence-corrected chi connectivity index (χ3v) is 3.53. The van der Waals surface area contributed by atoms with Crippen molar-refractivity contribution in [2.24, 2.45) is 5.73 Å². The van der Waals surface area contributed by atoms with Gasteiger partial charge in [-0.05, 0) is 13.0 Å². The number of quaternary nitrogens is 1. The minimum Gasteiger partial charge on any atom is -0.621 e. The Morgan fingerprint density at radius 1 is 1.22 bits per heavy atom. The van der Waals surface area contributed by atoms with Crippen molar-refractivity contribution < 1.29 is 9.90 Å². The van der Waals surface area contributed by atoms with E-state index in [2.05, 4.69) is 5.32 Å². The predicted molar refractivity (Wildman–Crippen MR) is 91.0 cm³/mol. The van der Waals surface area contributed by atoms with Crippen LogP contribution in [0.1, 0.15) is 5.56 Å². The number of benzene rings is 2. The summed E-state index contributed by atoms with van der Waals surface area (Å²) in [6.07, 6.45) is 0. The summed E-state index contributed by atoms with van der Waals surface area (Å²) in [5, 5.41) is 25.8. The molecular formula is C17H21N3O3. The lowest BCUT2D eigenvalue weighted by molar-refractivity contribution is -0.121. The van der Waals surface area contributed by atoms with Gasteiger partial charge in [0.25, 0.3) is 5.91 Å². The lowest BCUT2D eigenvalue weighted by atomic mass is 10.1. The fourth-order valence-electron chi connectivity index (χ4n) is 2.30. The van der Waals surface area contributed by atoms with E-state index >= 15 is 0 Å². The van der Waals surface area contributed by atoms with Crippen LogP contribution < -0.4 is 15.7 Å². The quantitative estimate of drug-likeness (QED) is 0.560. The standard InChI is InChI=1S/C17H21N3O3/c1-13-5-7-14(8-6-13)20(23,12-17(22)19-10-9-18)15-3-2-4-16(21)11-15/h2-8,11,21H,9-10,12,18H2,1H3,(H,19,22). The molecule has 0 saturated carbocycles. The number of amides is 1. The van der Waals surface area contributed by atoms with Crippen molar-refractivity contribution in [1.29, 1.82) is 0 Å². The first-order valence-corrected chi connectivity index (χ1v) is 7.38. The zero-order valence-electron chi connectivity index (χ0n) is 13.0.